The van der Waals surface area contributed by atoms with E-state index in [0.717, 1.165) is 25.9 Å². The van der Waals surface area contributed by atoms with Gasteiger partial charge in [0, 0.05) is 13.1 Å². The smallest absolute Gasteiger partial charge is 0.205 e. The molecule has 0 atom stereocenters. The number of rotatable bonds is 5. The van der Waals surface area contributed by atoms with Crippen LogP contribution in [0.5, 0.6) is 0 Å². The molecule has 0 aromatic rings. The molecular weight excluding hydrogens is 176 g/mol. The minimum atomic E-state index is 0.246. The van der Waals surface area contributed by atoms with Gasteiger partial charge in [-0.25, -0.2) is 5.84 Å². The lowest BCUT2D eigenvalue weighted by Gasteiger charge is -2.20. The number of hydrazine groups is 1. The van der Waals surface area contributed by atoms with E-state index in [1.54, 1.807) is 0 Å². The van der Waals surface area contributed by atoms with Crippen LogP contribution in [0.15, 0.2) is 4.99 Å². The molecule has 0 aromatic carbocycles. The van der Waals surface area contributed by atoms with Crippen molar-refractivity contribution in [1.29, 1.82) is 0 Å². The Morgan fingerprint density at radius 2 is 2.00 bits per heavy atom. The lowest BCUT2D eigenvalue weighted by Crippen LogP contribution is -2.42. The van der Waals surface area contributed by atoms with Crippen LogP contribution in [0.4, 0.5) is 0 Å². The number of nitrogens with two attached hydrogens (primary N) is 1. The van der Waals surface area contributed by atoms with Crippen LogP contribution in [0.2, 0.25) is 0 Å². The van der Waals surface area contributed by atoms with Gasteiger partial charge in [-0.3, -0.25) is 10.4 Å². The van der Waals surface area contributed by atoms with Crippen molar-refractivity contribution >= 4 is 5.96 Å². The topological polar surface area (TPSA) is 62.4 Å². The minimum absolute atomic E-state index is 0.246. The van der Waals surface area contributed by atoms with Crippen molar-refractivity contribution in [3.05, 3.63) is 0 Å². The van der Waals surface area contributed by atoms with E-state index >= 15 is 0 Å². The zero-order valence-corrected chi connectivity index (χ0v) is 9.85. The third-order valence-electron chi connectivity index (χ3n) is 2.30. The third kappa shape index (κ3) is 5.80. The third-order valence-corrected chi connectivity index (χ3v) is 2.30. The summed E-state index contributed by atoms with van der Waals surface area (Å²) in [6.07, 6.45) is 2.18. The van der Waals surface area contributed by atoms with Crippen LogP contribution in [-0.4, -0.2) is 19.0 Å². The van der Waals surface area contributed by atoms with Crippen LogP contribution in [0, 0.1) is 5.41 Å². The van der Waals surface area contributed by atoms with E-state index in [1.807, 2.05) is 0 Å². The molecule has 0 bridgehead atoms. The van der Waals surface area contributed by atoms with Crippen LogP contribution < -0.4 is 16.6 Å². The Hall–Kier alpha value is -0.770. The highest BCUT2D eigenvalue weighted by molar-refractivity contribution is 5.79. The number of hydrogen-bond acceptors (Lipinski definition) is 2. The predicted molar refractivity (Wildman–Crippen MR) is 62.0 cm³/mol. The van der Waals surface area contributed by atoms with Crippen molar-refractivity contribution in [3.63, 3.8) is 0 Å². The molecule has 0 aromatic heterocycles. The first-order valence-corrected chi connectivity index (χ1v) is 5.30. The number of hydrogen-bond donors (Lipinski definition) is 3. The molecule has 0 radical (unpaired) electrons. The SMILES string of the molecule is CCCNC(=NCC(C)(C)CC)NN. The second-order valence-corrected chi connectivity index (χ2v) is 4.25. The average molecular weight is 200 g/mol. The lowest BCUT2D eigenvalue weighted by atomic mass is 9.91. The summed E-state index contributed by atoms with van der Waals surface area (Å²) in [6.45, 7) is 10.4. The Labute approximate surface area is 87.3 Å². The summed E-state index contributed by atoms with van der Waals surface area (Å²) >= 11 is 0. The van der Waals surface area contributed by atoms with Crippen molar-refractivity contribution < 1.29 is 0 Å². The molecule has 0 spiro atoms. The van der Waals surface area contributed by atoms with Gasteiger partial charge in [-0.15, -0.1) is 0 Å². The molecule has 0 aliphatic carbocycles. The monoisotopic (exact) mass is 200 g/mol. The van der Waals surface area contributed by atoms with E-state index in [9.17, 15) is 0 Å². The Kier molecular flexibility index (Phi) is 6.28. The van der Waals surface area contributed by atoms with Crippen molar-refractivity contribution in [2.75, 3.05) is 13.1 Å². The van der Waals surface area contributed by atoms with E-state index in [1.165, 1.54) is 0 Å². The van der Waals surface area contributed by atoms with Gasteiger partial charge in [0.25, 0.3) is 0 Å². The number of nitrogens with one attached hydrogen (secondary N) is 2. The molecule has 14 heavy (non-hydrogen) atoms. The molecular formula is C10H24N4. The highest BCUT2D eigenvalue weighted by atomic mass is 15.3. The normalized spacial score (nSPS) is 12.8. The summed E-state index contributed by atoms with van der Waals surface area (Å²) in [4.78, 5) is 4.39. The van der Waals surface area contributed by atoms with Gasteiger partial charge in [-0.2, -0.15) is 0 Å². The Morgan fingerprint density at radius 3 is 2.43 bits per heavy atom. The summed E-state index contributed by atoms with van der Waals surface area (Å²) in [5.74, 6) is 6.03. The van der Waals surface area contributed by atoms with Crippen LogP contribution in [-0.2, 0) is 0 Å². The van der Waals surface area contributed by atoms with Crippen LogP contribution in [0.3, 0.4) is 0 Å². The molecule has 4 heteroatoms. The summed E-state index contributed by atoms with van der Waals surface area (Å²) < 4.78 is 0. The van der Waals surface area contributed by atoms with Gasteiger partial charge in [0.1, 0.15) is 0 Å². The molecule has 4 nitrogen and oxygen atoms in total. The largest absolute Gasteiger partial charge is 0.355 e. The van der Waals surface area contributed by atoms with Gasteiger partial charge >= 0.3 is 0 Å². The highest BCUT2D eigenvalue weighted by Gasteiger charge is 2.14. The standard InChI is InChI=1S/C10H24N4/c1-5-7-12-9(14-11)13-8-10(3,4)6-2/h5-8,11H2,1-4H3,(H2,12,13,14). The molecule has 0 saturated carbocycles. The summed E-state index contributed by atoms with van der Waals surface area (Å²) in [6, 6.07) is 0. The van der Waals surface area contributed by atoms with Gasteiger partial charge in [0.05, 0.1) is 0 Å². The second kappa shape index (κ2) is 6.65. The van der Waals surface area contributed by atoms with E-state index in [0.29, 0.717) is 5.96 Å². The fourth-order valence-electron chi connectivity index (χ4n) is 0.801. The predicted octanol–water partition coefficient (Wildman–Crippen LogP) is 1.24. The van der Waals surface area contributed by atoms with Crippen molar-refractivity contribution in [3.8, 4) is 0 Å². The van der Waals surface area contributed by atoms with Crippen LogP contribution in [0.1, 0.15) is 40.5 Å². The zero-order chi connectivity index (χ0) is 11.0. The van der Waals surface area contributed by atoms with Gasteiger partial charge in [-0.05, 0) is 18.3 Å². The highest BCUT2D eigenvalue weighted by Crippen LogP contribution is 2.19. The van der Waals surface area contributed by atoms with Crippen LogP contribution in [0.25, 0.3) is 0 Å². The first-order chi connectivity index (χ1) is 6.55. The fraction of sp³-hybridized carbons (Fsp3) is 0.900. The van der Waals surface area contributed by atoms with Crippen molar-refractivity contribution in [2.45, 2.75) is 40.5 Å². The van der Waals surface area contributed by atoms with Gasteiger partial charge in [0.2, 0.25) is 5.96 Å². The van der Waals surface area contributed by atoms with Crippen LogP contribution >= 0.6 is 0 Å². The Morgan fingerprint density at radius 1 is 1.36 bits per heavy atom. The molecule has 4 N–H and O–H groups in total. The Balaban J connectivity index is 4.03. The summed E-state index contributed by atoms with van der Waals surface area (Å²) in [5.41, 5.74) is 2.82. The number of nitrogens with zero attached hydrogens (tertiary/aromatic N) is 1. The van der Waals surface area contributed by atoms with Crippen molar-refractivity contribution in [1.82, 2.24) is 10.7 Å². The van der Waals surface area contributed by atoms with E-state index in [-0.39, 0.29) is 5.41 Å². The quantitative estimate of drug-likeness (QED) is 0.271. The molecule has 0 rings (SSSR count). The Bertz CT molecular complexity index is 175. The molecule has 84 valence electrons. The number of guanidine groups is 1. The second-order valence-electron chi connectivity index (χ2n) is 4.25. The van der Waals surface area contributed by atoms with Crippen molar-refractivity contribution in [2.24, 2.45) is 16.3 Å². The molecule has 0 amide bonds. The maximum Gasteiger partial charge on any atom is 0.205 e. The zero-order valence-electron chi connectivity index (χ0n) is 9.85. The molecule has 0 unspecified atom stereocenters. The molecule has 0 aliphatic rings. The van der Waals surface area contributed by atoms with Gasteiger partial charge in [0.15, 0.2) is 0 Å². The maximum atomic E-state index is 5.34. The molecule has 0 saturated heterocycles. The minimum Gasteiger partial charge on any atom is -0.355 e. The van der Waals surface area contributed by atoms with Gasteiger partial charge < -0.3 is 5.32 Å². The molecule has 0 aliphatic heterocycles. The summed E-state index contributed by atoms with van der Waals surface area (Å²) in [5, 5.41) is 3.13. The fourth-order valence-corrected chi connectivity index (χ4v) is 0.801. The first-order valence-electron chi connectivity index (χ1n) is 5.30. The van der Waals surface area contributed by atoms with E-state index in [4.69, 9.17) is 5.84 Å². The average Bonchev–Trinajstić information content (AvgIpc) is 2.18. The lowest BCUT2D eigenvalue weighted by molar-refractivity contribution is 0.365. The van der Waals surface area contributed by atoms with Gasteiger partial charge in [-0.1, -0.05) is 27.7 Å². The maximum absolute atomic E-state index is 5.34. The van der Waals surface area contributed by atoms with E-state index < -0.39 is 0 Å². The molecule has 0 fully saturated rings. The van der Waals surface area contributed by atoms with E-state index in [2.05, 4.69) is 43.4 Å². The summed E-state index contributed by atoms with van der Waals surface area (Å²) in [7, 11) is 0. The molecule has 0 heterocycles. The first kappa shape index (κ1) is 13.2. The number of aliphatic imine (C=N–C) groups is 1.